The fourth-order valence-electron chi connectivity index (χ4n) is 3.85. The number of amides is 1. The molecule has 3 rings (SSSR count). The lowest BCUT2D eigenvalue weighted by Gasteiger charge is -2.35. The number of aliphatic hydroxyl groups is 1. The van der Waals surface area contributed by atoms with Gasteiger partial charge in [-0.1, -0.05) is 0 Å². The second-order valence-electron chi connectivity index (χ2n) is 7.43. The number of hydrogen-bond donors (Lipinski definition) is 2. The highest BCUT2D eigenvalue weighted by molar-refractivity contribution is 5.95. The molecule has 7 heteroatoms. The van der Waals surface area contributed by atoms with Crippen molar-refractivity contribution < 1.29 is 23.8 Å². The molecule has 3 heterocycles. The van der Waals surface area contributed by atoms with Gasteiger partial charge in [0.25, 0.3) is 5.91 Å². The molecule has 0 spiro atoms. The Bertz CT molecular complexity index is 587. The van der Waals surface area contributed by atoms with Gasteiger partial charge in [0.15, 0.2) is 0 Å². The van der Waals surface area contributed by atoms with E-state index in [2.05, 4.69) is 24.1 Å². The van der Waals surface area contributed by atoms with Gasteiger partial charge in [0.05, 0.1) is 24.0 Å². The van der Waals surface area contributed by atoms with E-state index in [0.717, 1.165) is 26.1 Å². The maximum atomic E-state index is 12.5. The van der Waals surface area contributed by atoms with E-state index in [4.69, 9.17) is 13.9 Å². The molecule has 2 N–H and O–H groups in total. The highest BCUT2D eigenvalue weighted by atomic mass is 16.5. The molecule has 0 aromatic carbocycles. The summed E-state index contributed by atoms with van der Waals surface area (Å²) in [6.07, 6.45) is 3.72. The van der Waals surface area contributed by atoms with Gasteiger partial charge >= 0.3 is 0 Å². The number of ether oxygens (including phenoxy) is 2. The summed E-state index contributed by atoms with van der Waals surface area (Å²) in [4.78, 5) is 14.9. The highest BCUT2D eigenvalue weighted by Crippen LogP contribution is 2.34. The average Bonchev–Trinajstić information content (AvgIpc) is 3.09. The molecule has 1 aromatic heterocycles. The van der Waals surface area contributed by atoms with Crippen LogP contribution in [-0.4, -0.2) is 67.5 Å². The molecule has 0 radical (unpaired) electrons. The molecule has 146 valence electrons. The first kappa shape index (κ1) is 19.4. The van der Waals surface area contributed by atoms with Crippen LogP contribution in [0, 0.1) is 0 Å². The molecule has 0 bridgehead atoms. The molecule has 1 amide bonds. The number of nitrogens with one attached hydrogen (secondary N) is 1. The molecule has 26 heavy (non-hydrogen) atoms. The Morgan fingerprint density at radius 3 is 2.69 bits per heavy atom. The van der Waals surface area contributed by atoms with Crippen molar-refractivity contribution in [2.75, 3.05) is 39.4 Å². The third-order valence-electron chi connectivity index (χ3n) is 5.08. The molecule has 2 atom stereocenters. The van der Waals surface area contributed by atoms with Gasteiger partial charge < -0.3 is 24.3 Å². The molecule has 0 aliphatic carbocycles. The van der Waals surface area contributed by atoms with Crippen molar-refractivity contribution in [3.8, 4) is 0 Å². The molecule has 1 aromatic rings. The maximum absolute atomic E-state index is 12.5. The Morgan fingerprint density at radius 2 is 2.00 bits per heavy atom. The van der Waals surface area contributed by atoms with Crippen LogP contribution in [0.2, 0.25) is 0 Å². The average molecular weight is 366 g/mol. The number of hydrogen-bond acceptors (Lipinski definition) is 6. The van der Waals surface area contributed by atoms with Crippen LogP contribution >= 0.6 is 0 Å². The lowest BCUT2D eigenvalue weighted by molar-refractivity contribution is -0.0804. The highest BCUT2D eigenvalue weighted by Gasteiger charge is 2.38. The smallest absolute Gasteiger partial charge is 0.254 e. The van der Waals surface area contributed by atoms with Crippen LogP contribution in [0.25, 0.3) is 0 Å². The molecule has 2 aliphatic heterocycles. The van der Waals surface area contributed by atoms with E-state index < -0.39 is 5.60 Å². The minimum absolute atomic E-state index is 0.197. The summed E-state index contributed by atoms with van der Waals surface area (Å²) >= 11 is 0. The Kier molecular flexibility index (Phi) is 6.34. The van der Waals surface area contributed by atoms with Crippen molar-refractivity contribution in [3.63, 3.8) is 0 Å². The number of morpholine rings is 1. The molecule has 0 saturated carbocycles. The van der Waals surface area contributed by atoms with Crippen LogP contribution in [0.15, 0.2) is 16.7 Å². The Labute approximate surface area is 154 Å². The molecular weight excluding hydrogens is 336 g/mol. The van der Waals surface area contributed by atoms with Crippen LogP contribution in [0.4, 0.5) is 0 Å². The second kappa shape index (κ2) is 8.52. The predicted molar refractivity (Wildman–Crippen MR) is 96.1 cm³/mol. The molecule has 2 fully saturated rings. The van der Waals surface area contributed by atoms with Crippen LogP contribution in [0.1, 0.15) is 49.2 Å². The summed E-state index contributed by atoms with van der Waals surface area (Å²) in [7, 11) is 0. The van der Waals surface area contributed by atoms with Crippen molar-refractivity contribution in [2.45, 2.75) is 50.9 Å². The van der Waals surface area contributed by atoms with Gasteiger partial charge in [-0.25, -0.2) is 0 Å². The summed E-state index contributed by atoms with van der Waals surface area (Å²) in [5.74, 6) is 0.159. The van der Waals surface area contributed by atoms with E-state index in [1.807, 2.05) is 0 Å². The first-order chi connectivity index (χ1) is 12.5. The zero-order valence-corrected chi connectivity index (χ0v) is 15.7. The first-order valence-corrected chi connectivity index (χ1v) is 9.52. The fourth-order valence-corrected chi connectivity index (χ4v) is 3.85. The summed E-state index contributed by atoms with van der Waals surface area (Å²) in [5.41, 5.74) is -0.697. The van der Waals surface area contributed by atoms with Crippen molar-refractivity contribution in [3.05, 3.63) is 23.7 Å². The minimum atomic E-state index is -1.12. The second-order valence-corrected chi connectivity index (χ2v) is 7.43. The van der Waals surface area contributed by atoms with Crippen LogP contribution < -0.4 is 5.32 Å². The van der Waals surface area contributed by atoms with Gasteiger partial charge in [-0.3, -0.25) is 9.69 Å². The maximum Gasteiger partial charge on any atom is 0.254 e. The number of nitrogens with zero attached hydrogens (tertiary/aromatic N) is 1. The third-order valence-corrected chi connectivity index (χ3v) is 5.08. The zero-order chi connectivity index (χ0) is 18.6. The van der Waals surface area contributed by atoms with Crippen LogP contribution in [0.5, 0.6) is 0 Å². The summed E-state index contributed by atoms with van der Waals surface area (Å²) in [6, 6.07) is 1.63. The largest absolute Gasteiger partial charge is 0.465 e. The van der Waals surface area contributed by atoms with Gasteiger partial charge in [0, 0.05) is 52.2 Å². The van der Waals surface area contributed by atoms with E-state index in [1.165, 1.54) is 6.26 Å². The van der Waals surface area contributed by atoms with E-state index in [0.29, 0.717) is 43.9 Å². The lowest BCUT2D eigenvalue weighted by Crippen LogP contribution is -2.46. The number of carbonyl (C=O) groups excluding carboxylic acids is 1. The molecule has 7 nitrogen and oxygen atoms in total. The quantitative estimate of drug-likeness (QED) is 0.743. The molecule has 2 unspecified atom stereocenters. The summed E-state index contributed by atoms with van der Waals surface area (Å²) in [6.45, 7) is 8.49. The lowest BCUT2D eigenvalue weighted by atomic mass is 9.89. The first-order valence-electron chi connectivity index (χ1n) is 9.52. The van der Waals surface area contributed by atoms with Gasteiger partial charge in [-0.2, -0.15) is 0 Å². The van der Waals surface area contributed by atoms with E-state index in [1.54, 1.807) is 6.07 Å². The fraction of sp³-hybridized carbons (Fsp3) is 0.737. The van der Waals surface area contributed by atoms with Gasteiger partial charge in [0.2, 0.25) is 0 Å². The number of furan rings is 1. The summed E-state index contributed by atoms with van der Waals surface area (Å²) in [5, 5.41) is 13.7. The van der Waals surface area contributed by atoms with Gasteiger partial charge in [-0.05, 0) is 26.3 Å². The SMILES string of the molecule is CC1CN(CCCNC(=O)c2ccoc2C2(O)CCOCC2)CC(C)O1. The number of carbonyl (C=O) groups is 1. The van der Waals surface area contributed by atoms with Crippen LogP contribution in [0.3, 0.4) is 0 Å². The van der Waals surface area contributed by atoms with E-state index in [9.17, 15) is 9.90 Å². The Balaban J connectivity index is 1.48. The Hall–Kier alpha value is -1.41. The predicted octanol–water partition coefficient (Wildman–Crippen LogP) is 1.51. The van der Waals surface area contributed by atoms with E-state index in [-0.39, 0.29) is 18.1 Å². The van der Waals surface area contributed by atoms with Crippen molar-refractivity contribution in [1.29, 1.82) is 0 Å². The monoisotopic (exact) mass is 366 g/mol. The molecule has 2 saturated heterocycles. The van der Waals surface area contributed by atoms with Crippen molar-refractivity contribution in [1.82, 2.24) is 10.2 Å². The Morgan fingerprint density at radius 1 is 1.31 bits per heavy atom. The van der Waals surface area contributed by atoms with Crippen molar-refractivity contribution in [2.24, 2.45) is 0 Å². The minimum Gasteiger partial charge on any atom is -0.465 e. The van der Waals surface area contributed by atoms with E-state index >= 15 is 0 Å². The number of rotatable bonds is 6. The molecular formula is C19H30N2O5. The van der Waals surface area contributed by atoms with Crippen molar-refractivity contribution >= 4 is 5.91 Å². The van der Waals surface area contributed by atoms with Gasteiger partial charge in [-0.15, -0.1) is 0 Å². The topological polar surface area (TPSA) is 84.2 Å². The summed E-state index contributed by atoms with van der Waals surface area (Å²) < 4.78 is 16.5. The zero-order valence-electron chi connectivity index (χ0n) is 15.7. The standard InChI is InChI=1S/C19H30N2O5/c1-14-12-21(13-15(2)26-14)8-3-7-20-18(22)16-4-9-25-17(16)19(23)5-10-24-11-6-19/h4,9,14-15,23H,3,5-8,10-13H2,1-2H3,(H,20,22). The third kappa shape index (κ3) is 4.65. The normalized spacial score (nSPS) is 26.6. The van der Waals surface area contributed by atoms with Gasteiger partial charge in [0.1, 0.15) is 11.4 Å². The van der Waals surface area contributed by atoms with Crippen LogP contribution in [-0.2, 0) is 15.1 Å². The molecule has 2 aliphatic rings.